The van der Waals surface area contributed by atoms with E-state index >= 15 is 0 Å². The highest BCUT2D eigenvalue weighted by Gasteiger charge is 2.27. The Morgan fingerprint density at radius 1 is 1.23 bits per heavy atom. The predicted molar refractivity (Wildman–Crippen MR) is 93.8 cm³/mol. The Labute approximate surface area is 150 Å². The molecular formula is C19H21NO6. The van der Waals surface area contributed by atoms with E-state index in [4.69, 9.17) is 13.9 Å². The molecule has 7 nitrogen and oxygen atoms in total. The van der Waals surface area contributed by atoms with E-state index in [1.165, 1.54) is 20.1 Å². The van der Waals surface area contributed by atoms with Crippen LogP contribution >= 0.6 is 0 Å². The minimum atomic E-state index is -0.508. The number of ether oxygens (including phenoxy) is 2. The maximum atomic E-state index is 12.3. The average molecular weight is 359 g/mol. The summed E-state index contributed by atoms with van der Waals surface area (Å²) in [5.74, 6) is 0.0712. The lowest BCUT2D eigenvalue weighted by Gasteiger charge is -2.30. The molecule has 0 atom stereocenters. The van der Waals surface area contributed by atoms with Crippen molar-refractivity contribution in [1.29, 1.82) is 0 Å². The van der Waals surface area contributed by atoms with Crippen LogP contribution in [0, 0.1) is 5.92 Å². The van der Waals surface area contributed by atoms with E-state index in [0.717, 1.165) is 0 Å². The number of fused-ring (bicyclic) bond motifs is 1. The summed E-state index contributed by atoms with van der Waals surface area (Å²) in [6.07, 6.45) is 1.18. The van der Waals surface area contributed by atoms with Gasteiger partial charge in [0.2, 0.25) is 5.91 Å². The molecule has 0 N–H and O–H groups in total. The van der Waals surface area contributed by atoms with Gasteiger partial charge in [0.15, 0.2) is 0 Å². The summed E-state index contributed by atoms with van der Waals surface area (Å²) in [6, 6.07) is 6.48. The van der Waals surface area contributed by atoms with Gasteiger partial charge < -0.3 is 18.8 Å². The fourth-order valence-corrected chi connectivity index (χ4v) is 3.15. The van der Waals surface area contributed by atoms with Crippen molar-refractivity contribution in [3.05, 3.63) is 40.2 Å². The zero-order valence-electron chi connectivity index (χ0n) is 14.8. The van der Waals surface area contributed by atoms with Crippen molar-refractivity contribution in [3.8, 4) is 5.75 Å². The zero-order chi connectivity index (χ0) is 18.7. The van der Waals surface area contributed by atoms with E-state index in [2.05, 4.69) is 0 Å². The maximum Gasteiger partial charge on any atom is 0.336 e. The number of methoxy groups -OCH3 is 1. The van der Waals surface area contributed by atoms with Crippen molar-refractivity contribution >= 4 is 22.8 Å². The fourth-order valence-electron chi connectivity index (χ4n) is 3.15. The first kappa shape index (κ1) is 18.0. The smallest absolute Gasteiger partial charge is 0.336 e. The molecular weight excluding hydrogens is 338 g/mol. The number of benzene rings is 1. The molecule has 3 rings (SSSR count). The summed E-state index contributed by atoms with van der Waals surface area (Å²) < 4.78 is 15.7. The Morgan fingerprint density at radius 2 is 1.96 bits per heavy atom. The molecule has 0 aliphatic carbocycles. The standard InChI is InChI=1S/C19H21NO6/c1-12(21)20-7-5-13(6-8-20)19(23)25-11-14-9-18(22)26-17-10-15(24-2)3-4-16(14)17/h3-4,9-10,13H,5-8,11H2,1-2H3. The number of piperidine rings is 1. The van der Waals surface area contributed by atoms with Crippen molar-refractivity contribution in [2.75, 3.05) is 20.2 Å². The number of nitrogens with zero attached hydrogens (tertiary/aromatic N) is 1. The van der Waals surface area contributed by atoms with E-state index in [9.17, 15) is 14.4 Å². The van der Waals surface area contributed by atoms with Crippen molar-refractivity contribution < 1.29 is 23.5 Å². The molecule has 1 aromatic carbocycles. The van der Waals surface area contributed by atoms with E-state index in [-0.39, 0.29) is 24.4 Å². The summed E-state index contributed by atoms with van der Waals surface area (Å²) >= 11 is 0. The van der Waals surface area contributed by atoms with Gasteiger partial charge in [0.1, 0.15) is 17.9 Å². The summed E-state index contributed by atoms with van der Waals surface area (Å²) in [4.78, 5) is 37.2. The number of carbonyl (C=O) groups excluding carboxylic acids is 2. The van der Waals surface area contributed by atoms with Crippen LogP contribution in [0.2, 0.25) is 0 Å². The van der Waals surface area contributed by atoms with Crippen LogP contribution < -0.4 is 10.4 Å². The molecule has 26 heavy (non-hydrogen) atoms. The molecule has 0 spiro atoms. The number of esters is 1. The second-order valence-corrected chi connectivity index (χ2v) is 6.34. The predicted octanol–water partition coefficient (Wildman–Crippen LogP) is 2.10. The van der Waals surface area contributed by atoms with Gasteiger partial charge in [-0.25, -0.2) is 4.79 Å². The molecule has 138 valence electrons. The number of rotatable bonds is 4. The number of carbonyl (C=O) groups is 2. The number of hydrogen-bond acceptors (Lipinski definition) is 6. The molecule has 0 bridgehead atoms. The molecule has 1 amide bonds. The topological polar surface area (TPSA) is 86.0 Å². The van der Waals surface area contributed by atoms with Gasteiger partial charge >= 0.3 is 11.6 Å². The highest BCUT2D eigenvalue weighted by Crippen LogP contribution is 2.24. The van der Waals surface area contributed by atoms with Crippen molar-refractivity contribution in [1.82, 2.24) is 4.90 Å². The lowest BCUT2D eigenvalue weighted by Crippen LogP contribution is -2.39. The second-order valence-electron chi connectivity index (χ2n) is 6.34. The Morgan fingerprint density at radius 3 is 2.62 bits per heavy atom. The Hall–Kier alpha value is -2.83. The highest BCUT2D eigenvalue weighted by molar-refractivity contribution is 5.82. The SMILES string of the molecule is COc1ccc2c(COC(=O)C3CCN(C(C)=O)CC3)cc(=O)oc2c1. The second kappa shape index (κ2) is 7.59. The summed E-state index contributed by atoms with van der Waals surface area (Å²) in [5, 5.41) is 0.699. The van der Waals surface area contributed by atoms with Crippen molar-refractivity contribution in [2.45, 2.75) is 26.4 Å². The van der Waals surface area contributed by atoms with Crippen molar-refractivity contribution in [2.24, 2.45) is 5.92 Å². The number of likely N-dealkylation sites (tertiary alicyclic amines) is 1. The van der Waals surface area contributed by atoms with Gasteiger partial charge in [0, 0.05) is 43.1 Å². The van der Waals surface area contributed by atoms with Crippen LogP contribution in [0.15, 0.2) is 33.5 Å². The molecule has 0 radical (unpaired) electrons. The van der Waals surface area contributed by atoms with Crippen LogP contribution in [0.1, 0.15) is 25.3 Å². The Bertz CT molecular complexity index is 879. The largest absolute Gasteiger partial charge is 0.497 e. The number of amides is 1. The van der Waals surface area contributed by atoms with Crippen LogP contribution in [-0.4, -0.2) is 37.0 Å². The quantitative estimate of drug-likeness (QED) is 0.614. The van der Waals surface area contributed by atoms with Gasteiger partial charge in [-0.3, -0.25) is 9.59 Å². The molecule has 0 saturated carbocycles. The lowest BCUT2D eigenvalue weighted by molar-refractivity contribution is -0.152. The lowest BCUT2D eigenvalue weighted by atomic mass is 9.97. The first-order valence-corrected chi connectivity index (χ1v) is 8.51. The minimum Gasteiger partial charge on any atom is -0.497 e. The van der Waals surface area contributed by atoms with Crippen LogP contribution in [0.25, 0.3) is 11.0 Å². The summed E-state index contributed by atoms with van der Waals surface area (Å²) in [7, 11) is 1.53. The van der Waals surface area contributed by atoms with E-state index in [1.54, 1.807) is 23.1 Å². The summed E-state index contributed by atoms with van der Waals surface area (Å²) in [5.41, 5.74) is 0.470. The Kier molecular flexibility index (Phi) is 5.25. The molecule has 7 heteroatoms. The fraction of sp³-hybridized carbons (Fsp3) is 0.421. The first-order valence-electron chi connectivity index (χ1n) is 8.51. The Balaban J connectivity index is 1.69. The van der Waals surface area contributed by atoms with Gasteiger partial charge in [-0.1, -0.05) is 0 Å². The zero-order valence-corrected chi connectivity index (χ0v) is 14.8. The molecule has 0 unspecified atom stereocenters. The van der Waals surface area contributed by atoms with Crippen LogP contribution in [0.3, 0.4) is 0 Å². The molecule has 2 heterocycles. The molecule has 2 aromatic rings. The van der Waals surface area contributed by atoms with Crippen molar-refractivity contribution in [3.63, 3.8) is 0 Å². The molecule has 1 aromatic heterocycles. The normalized spacial score (nSPS) is 15.1. The van der Waals surface area contributed by atoms with Crippen LogP contribution in [0.5, 0.6) is 5.75 Å². The monoisotopic (exact) mass is 359 g/mol. The van der Waals surface area contributed by atoms with E-state index in [1.807, 2.05) is 0 Å². The first-order chi connectivity index (χ1) is 12.5. The third kappa shape index (κ3) is 3.87. The van der Waals surface area contributed by atoms with Gasteiger partial charge in [0.05, 0.1) is 13.0 Å². The average Bonchev–Trinajstić information content (AvgIpc) is 2.65. The molecule has 1 aliphatic heterocycles. The minimum absolute atomic E-state index is 0.000183. The molecule has 1 fully saturated rings. The third-order valence-electron chi connectivity index (χ3n) is 4.68. The highest BCUT2D eigenvalue weighted by atomic mass is 16.5. The molecule has 1 saturated heterocycles. The van der Waals surface area contributed by atoms with Gasteiger partial charge in [-0.2, -0.15) is 0 Å². The van der Waals surface area contributed by atoms with Crippen LogP contribution in [-0.2, 0) is 20.9 Å². The van der Waals surface area contributed by atoms with Crippen LogP contribution in [0.4, 0.5) is 0 Å². The van der Waals surface area contributed by atoms with Gasteiger partial charge in [-0.05, 0) is 25.0 Å². The van der Waals surface area contributed by atoms with Gasteiger partial charge in [0.25, 0.3) is 0 Å². The van der Waals surface area contributed by atoms with E-state index in [0.29, 0.717) is 48.2 Å². The molecule has 1 aliphatic rings. The maximum absolute atomic E-state index is 12.3. The number of hydrogen-bond donors (Lipinski definition) is 0. The third-order valence-corrected chi connectivity index (χ3v) is 4.68. The van der Waals surface area contributed by atoms with E-state index < -0.39 is 5.63 Å². The summed E-state index contributed by atoms with van der Waals surface area (Å²) in [6.45, 7) is 2.65. The van der Waals surface area contributed by atoms with Gasteiger partial charge in [-0.15, -0.1) is 0 Å².